The lowest BCUT2D eigenvalue weighted by atomic mass is 10.1. The summed E-state index contributed by atoms with van der Waals surface area (Å²) in [4.78, 5) is 91.2. The van der Waals surface area contributed by atoms with Gasteiger partial charge < -0.3 is 61.5 Å². The molecule has 4 saturated heterocycles. The number of imidazole rings is 2. The number of nitro groups is 1. The number of ether oxygens (including phenoxy) is 4. The second-order valence-corrected chi connectivity index (χ2v) is 46.7. The number of nitrogens with two attached hydrogens (primary N) is 2. The second-order valence-electron chi connectivity index (χ2n) is 26.0. The monoisotopic (exact) mass is 1440 g/mol. The van der Waals surface area contributed by atoms with Gasteiger partial charge in [-0.1, -0.05) is 134 Å². The molecule has 1 aromatic carbocycles. The number of aliphatic hydroxyl groups is 1. The number of nitrogens with zero attached hydrogens (tertiary/aromatic N) is 7. The van der Waals surface area contributed by atoms with E-state index in [0.717, 1.165) is 4.57 Å². The van der Waals surface area contributed by atoms with Gasteiger partial charge in [-0.25, -0.2) is 23.5 Å². The molecule has 37 heteroatoms. The highest BCUT2D eigenvalue weighted by Gasteiger charge is 2.65. The summed E-state index contributed by atoms with van der Waals surface area (Å²) in [6.45, 7) is 40.8. The summed E-state index contributed by atoms with van der Waals surface area (Å²) in [5, 5.41) is 29.2. The number of aromatic amines is 2. The highest BCUT2D eigenvalue weighted by atomic mass is 35.7. The SMILES string of the molecule is C=CCn1c(=O)n(C2OC3CO[Si](C(C)C)(C(C)C)O[Si](C(C)C)(C(C)C)O[C@H]3[C@H]2O)c2nc(N)[nH]c(=O)c21.C=CCn1c(=O)n(C2O[C@@H]3CO[Si](C(C)C)(C(C)C)O[Si](C(C)C)(C(C)C)O[C@H]3[C@H]2OC(=O)Oc2ccc([N+](=O)[O-])cc2)c2nc(N)[nH]c(=O)c21.N=PPCl. The van der Waals surface area contributed by atoms with Crippen LogP contribution in [0.1, 0.15) is 123 Å². The van der Waals surface area contributed by atoms with Gasteiger partial charge in [0.2, 0.25) is 11.9 Å². The number of aromatic nitrogens is 8. The Morgan fingerprint density at radius 2 is 1.09 bits per heavy atom. The van der Waals surface area contributed by atoms with E-state index in [1.165, 1.54) is 50.1 Å². The van der Waals surface area contributed by atoms with Gasteiger partial charge >= 0.3 is 51.8 Å². The number of aliphatic hydroxyl groups excluding tert-OH is 1. The minimum Gasteiger partial charge on any atom is -0.423 e. The number of H-pyrrole nitrogens is 2. The number of hydrogen-bond acceptors (Lipinski definition) is 23. The molecule has 520 valence electrons. The van der Waals surface area contributed by atoms with E-state index in [2.05, 4.69) is 116 Å². The molecule has 9 atom stereocenters. The lowest BCUT2D eigenvalue weighted by molar-refractivity contribution is -0.384. The van der Waals surface area contributed by atoms with Crippen molar-refractivity contribution >= 4 is 107 Å². The lowest BCUT2D eigenvalue weighted by Crippen LogP contribution is -2.66. The maximum atomic E-state index is 14.2. The molecular weight excluding hydrogens is 1350 g/mol. The smallest absolute Gasteiger partial charge is 0.423 e. The van der Waals surface area contributed by atoms with Gasteiger partial charge in [0.15, 0.2) is 40.9 Å². The Morgan fingerprint density at radius 1 is 0.713 bits per heavy atom. The van der Waals surface area contributed by atoms with E-state index >= 15 is 0 Å². The van der Waals surface area contributed by atoms with Gasteiger partial charge in [-0.3, -0.25) is 44.0 Å². The van der Waals surface area contributed by atoms with Crippen molar-refractivity contribution in [2.75, 3.05) is 24.7 Å². The first-order chi connectivity index (χ1) is 44.1. The van der Waals surface area contributed by atoms with Crippen LogP contribution in [0, 0.1) is 15.3 Å². The minimum atomic E-state index is -3.31. The standard InChI is InChI=1S/C32H46N6O11Si2.C25H43N5O7Si2.ClH2NP2/c1-10-15-36-24-27(34-30(33)35-28(24)39)37(31(36)40)29-26(47-32(41)45-22-13-11-21(12-14-22)38(42)43)25-23(46-29)16-44-50(17(2)3,18(4)5)49-51(48-25,19(6)7)20(8)9;1-10-11-29-18-21(27-24(26)28-22(18)32)30(25(29)33)23-19(31)20-17(35-23)12-34-38(13(2)3,14(4)5)37-39(36-20,15(6)7)16(8)9;1-3-4-2/h10-14,17-20,23,25-26,29H,1,15-16H2,2-9H3,(H3,33,34,35,39);10,13-17,19-20,23,31H,1,11-12H2,2-9H3,(H3,26,27,28,32);2-3H/t23-,25-,26-,29?;17?,19-,20-,23?;/m11./s1. The molecule has 0 radical (unpaired) electrons. The van der Waals surface area contributed by atoms with Gasteiger partial charge in [0.1, 0.15) is 36.3 Å². The van der Waals surface area contributed by atoms with E-state index < -0.39 is 117 Å². The maximum absolute atomic E-state index is 14.2. The van der Waals surface area contributed by atoms with Crippen molar-refractivity contribution < 1.29 is 59.7 Å². The van der Waals surface area contributed by atoms with E-state index in [-0.39, 0.29) is 124 Å². The number of anilines is 2. The van der Waals surface area contributed by atoms with Crippen LogP contribution in [-0.4, -0.2) is 138 Å². The number of halogens is 1. The fourth-order valence-corrected chi connectivity index (χ4v) is 35.5. The van der Waals surface area contributed by atoms with Crippen LogP contribution in [0.4, 0.5) is 22.4 Å². The normalized spacial score (nSPS) is 24.1. The van der Waals surface area contributed by atoms with E-state index in [4.69, 9.17) is 72.8 Å². The molecule has 0 amide bonds. The number of hydrogen-bond donors (Lipinski definition) is 6. The molecular formula is C57H91ClN12O18P2Si4. The fraction of sp³-hybridized carbons (Fsp3) is 0.632. The summed E-state index contributed by atoms with van der Waals surface area (Å²) >= 11 is 5.01. The molecule has 4 aromatic heterocycles. The molecule has 8 N–H and O–H groups in total. The first-order valence-electron chi connectivity index (χ1n) is 31.2. The van der Waals surface area contributed by atoms with Crippen LogP contribution in [0.5, 0.6) is 5.75 Å². The van der Waals surface area contributed by atoms with E-state index in [9.17, 15) is 39.2 Å². The zero-order valence-corrected chi connectivity index (χ0v) is 62.6. The van der Waals surface area contributed by atoms with Crippen molar-refractivity contribution in [2.45, 2.75) is 217 Å². The number of benzene rings is 1. The van der Waals surface area contributed by atoms with Crippen molar-refractivity contribution in [1.82, 2.24) is 38.2 Å². The summed E-state index contributed by atoms with van der Waals surface area (Å²) < 4.78 is 71.3. The van der Waals surface area contributed by atoms with Gasteiger partial charge in [0.05, 0.1) is 18.1 Å². The van der Waals surface area contributed by atoms with Gasteiger partial charge in [-0.2, -0.15) is 9.97 Å². The summed E-state index contributed by atoms with van der Waals surface area (Å²) in [5.74, 6) is -0.430. The van der Waals surface area contributed by atoms with Crippen molar-refractivity contribution in [2.24, 2.45) is 0 Å². The van der Waals surface area contributed by atoms with Gasteiger partial charge in [0, 0.05) is 40.9 Å². The van der Waals surface area contributed by atoms with Crippen molar-refractivity contribution in [3.05, 3.63) is 101 Å². The third kappa shape index (κ3) is 14.4. The van der Waals surface area contributed by atoms with Crippen LogP contribution in [0.25, 0.3) is 22.3 Å². The molecule has 0 bridgehead atoms. The van der Waals surface area contributed by atoms with E-state index in [1.54, 1.807) is 0 Å². The van der Waals surface area contributed by atoms with Crippen molar-refractivity contribution in [1.29, 1.82) is 5.16 Å². The Labute approximate surface area is 556 Å². The number of rotatable bonds is 18. The Bertz CT molecular complexity index is 3770. The highest BCUT2D eigenvalue weighted by molar-refractivity contribution is 8.19. The molecule has 4 fully saturated rings. The van der Waals surface area contributed by atoms with Gasteiger partial charge in [-0.15, -0.1) is 13.2 Å². The maximum Gasteiger partial charge on any atom is 0.514 e. The number of nitrogen functional groups attached to an aromatic ring is 2. The van der Waals surface area contributed by atoms with Gasteiger partial charge in [0.25, 0.3) is 16.8 Å². The Morgan fingerprint density at radius 3 is 1.46 bits per heavy atom. The lowest BCUT2D eigenvalue weighted by Gasteiger charge is -2.51. The van der Waals surface area contributed by atoms with Crippen LogP contribution < -0.4 is 38.7 Å². The number of allylic oxidation sites excluding steroid dienone is 2. The second kappa shape index (κ2) is 30.6. The quantitative estimate of drug-likeness (QED) is 0.00903. The predicted octanol–water partition coefficient (Wildman–Crippen LogP) is 10.3. The summed E-state index contributed by atoms with van der Waals surface area (Å²) in [7, 11) is -11.4. The van der Waals surface area contributed by atoms with Crippen LogP contribution in [0.2, 0.25) is 44.3 Å². The Kier molecular flexibility index (Phi) is 24.7. The molecule has 4 aliphatic rings. The average molecular weight is 1440 g/mol. The topological polar surface area (TPSA) is 394 Å². The van der Waals surface area contributed by atoms with Crippen LogP contribution >= 0.6 is 26.9 Å². The average Bonchev–Trinajstić information content (AvgIpc) is 1.51. The molecule has 0 aliphatic carbocycles. The largest absolute Gasteiger partial charge is 0.514 e. The highest BCUT2D eigenvalue weighted by Crippen LogP contribution is 2.51. The molecule has 8 heterocycles. The summed E-state index contributed by atoms with van der Waals surface area (Å²) in [6.07, 6.45) is -6.87. The van der Waals surface area contributed by atoms with Crippen molar-refractivity contribution in [3.63, 3.8) is 0 Å². The van der Waals surface area contributed by atoms with E-state index in [0.29, 0.717) is 8.06 Å². The molecule has 30 nitrogen and oxygen atoms in total. The molecule has 4 aliphatic heterocycles. The molecule has 94 heavy (non-hydrogen) atoms. The predicted molar refractivity (Wildman–Crippen MR) is 368 cm³/mol. The van der Waals surface area contributed by atoms with Gasteiger partial charge in [-0.05, 0) is 56.5 Å². The summed E-state index contributed by atoms with van der Waals surface area (Å²) in [6, 6.07) is 4.86. The molecule has 5 aromatic rings. The first kappa shape index (κ1) is 76.0. The van der Waals surface area contributed by atoms with Crippen LogP contribution in [0.15, 0.2) is 68.8 Å². The molecule has 0 saturated carbocycles. The zero-order chi connectivity index (χ0) is 70.0. The van der Waals surface area contributed by atoms with Crippen LogP contribution in [0.3, 0.4) is 0 Å². The number of non-ortho nitro benzene ring substituents is 1. The number of carbonyl (C=O) groups excluding carboxylic acids is 1. The summed E-state index contributed by atoms with van der Waals surface area (Å²) in [5.41, 5.74) is 9.15. The Balaban J connectivity index is 0.000000260. The minimum absolute atomic E-state index is 0.0160. The third-order valence-corrected chi connectivity index (χ3v) is 39.2. The fourth-order valence-electron chi connectivity index (χ4n) is 13.1. The number of nitrogens with one attached hydrogen (secondary N) is 3. The third-order valence-electron chi connectivity index (χ3n) is 17.6. The zero-order valence-electron chi connectivity index (χ0n) is 55.9. The Hall–Kier alpha value is -5.40. The first-order valence-corrected chi connectivity index (χ1v) is 42.8. The molecule has 0 spiro atoms. The molecule has 9 rings (SSSR count). The number of fused-ring (bicyclic) bond motifs is 4. The number of nitro benzene ring substituents is 1. The van der Waals surface area contributed by atoms with E-state index in [1.807, 2.05) is 27.7 Å². The number of carbonyl (C=O) groups is 1. The molecule has 4 unspecified atom stereocenters. The van der Waals surface area contributed by atoms with Crippen LogP contribution in [-0.2, 0) is 53.2 Å². The van der Waals surface area contributed by atoms with Crippen molar-refractivity contribution in [3.8, 4) is 5.75 Å².